The Bertz CT molecular complexity index is 252. The molecule has 0 aliphatic carbocycles. The van der Waals surface area contributed by atoms with Gasteiger partial charge in [0.05, 0.1) is 0 Å². The van der Waals surface area contributed by atoms with Crippen LogP contribution >= 0.6 is 0 Å². The summed E-state index contributed by atoms with van der Waals surface area (Å²) in [6, 6.07) is 0. The molecular weight excluding hydrogens is 162 g/mol. The first kappa shape index (κ1) is 10.1. The maximum Gasteiger partial charge on any atom is 0.202 e. The third-order valence-electron chi connectivity index (χ3n) is 2.56. The van der Waals surface area contributed by atoms with E-state index in [-0.39, 0.29) is 0 Å². The second-order valence-electron chi connectivity index (χ2n) is 3.87. The predicted octanol–water partition coefficient (Wildman–Crippen LogP) is 2.22. The molecule has 0 saturated heterocycles. The lowest BCUT2D eigenvalue weighted by Crippen LogP contribution is -2.14. The van der Waals surface area contributed by atoms with Gasteiger partial charge in [-0.1, -0.05) is 20.8 Å². The molecule has 0 spiro atoms. The minimum atomic E-state index is 0.682. The summed E-state index contributed by atoms with van der Waals surface area (Å²) in [5.74, 6) is 2.35. The molecule has 0 fully saturated rings. The fourth-order valence-electron chi connectivity index (χ4n) is 1.21. The smallest absolute Gasteiger partial charge is 0.202 e. The number of aromatic nitrogens is 2. The molecule has 3 nitrogen and oxygen atoms in total. The van der Waals surface area contributed by atoms with Crippen LogP contribution in [0.25, 0.3) is 0 Å². The monoisotopic (exact) mass is 181 g/mol. The number of nitrogens with one attached hydrogen (secondary N) is 1. The highest BCUT2D eigenvalue weighted by Gasteiger charge is 2.09. The molecule has 1 rings (SSSR count). The Hall–Kier alpha value is -0.990. The van der Waals surface area contributed by atoms with Gasteiger partial charge in [-0.2, -0.15) is 0 Å². The maximum atomic E-state index is 4.20. The Labute approximate surface area is 80.2 Å². The lowest BCUT2D eigenvalue weighted by Gasteiger charge is -2.17. The SMILES string of the molecule is CNc1nccn1CC(C)C(C)C. The van der Waals surface area contributed by atoms with Crippen LogP contribution in [0.3, 0.4) is 0 Å². The van der Waals surface area contributed by atoms with Crippen LogP contribution in [-0.4, -0.2) is 16.6 Å². The molecule has 0 radical (unpaired) electrons. The molecule has 0 bridgehead atoms. The average Bonchev–Trinajstić information content (AvgIpc) is 2.51. The number of hydrogen-bond donors (Lipinski definition) is 1. The van der Waals surface area contributed by atoms with Crippen molar-refractivity contribution in [2.45, 2.75) is 27.3 Å². The van der Waals surface area contributed by atoms with E-state index < -0.39 is 0 Å². The first-order chi connectivity index (χ1) is 6.15. The highest BCUT2D eigenvalue weighted by Crippen LogP contribution is 2.14. The van der Waals surface area contributed by atoms with Crippen LogP contribution in [0.15, 0.2) is 12.4 Å². The second kappa shape index (κ2) is 4.30. The fraction of sp³-hybridized carbons (Fsp3) is 0.700. The third kappa shape index (κ3) is 2.47. The molecule has 1 unspecified atom stereocenters. The van der Waals surface area contributed by atoms with Crippen LogP contribution in [0, 0.1) is 11.8 Å². The van der Waals surface area contributed by atoms with Crippen LogP contribution in [-0.2, 0) is 6.54 Å². The van der Waals surface area contributed by atoms with E-state index in [1.165, 1.54) is 0 Å². The largest absolute Gasteiger partial charge is 0.359 e. The first-order valence-corrected chi connectivity index (χ1v) is 4.84. The van der Waals surface area contributed by atoms with Gasteiger partial charge >= 0.3 is 0 Å². The average molecular weight is 181 g/mol. The van der Waals surface area contributed by atoms with E-state index in [2.05, 4.69) is 35.6 Å². The minimum Gasteiger partial charge on any atom is -0.359 e. The molecule has 0 amide bonds. The minimum absolute atomic E-state index is 0.682. The zero-order valence-electron chi connectivity index (χ0n) is 8.91. The third-order valence-corrected chi connectivity index (χ3v) is 2.56. The summed E-state index contributed by atoms with van der Waals surface area (Å²) in [5, 5.41) is 3.07. The lowest BCUT2D eigenvalue weighted by atomic mass is 9.98. The van der Waals surface area contributed by atoms with Gasteiger partial charge in [0, 0.05) is 26.0 Å². The van der Waals surface area contributed by atoms with Crippen LogP contribution < -0.4 is 5.32 Å². The van der Waals surface area contributed by atoms with Crippen molar-refractivity contribution in [3.8, 4) is 0 Å². The Morgan fingerprint density at radius 1 is 1.46 bits per heavy atom. The fourth-order valence-corrected chi connectivity index (χ4v) is 1.21. The molecule has 3 heteroatoms. The van der Waals surface area contributed by atoms with E-state index in [1.54, 1.807) is 0 Å². The zero-order valence-corrected chi connectivity index (χ0v) is 8.91. The standard InChI is InChI=1S/C10H19N3/c1-8(2)9(3)7-13-6-5-12-10(13)11-4/h5-6,8-9H,7H2,1-4H3,(H,11,12). The van der Waals surface area contributed by atoms with Gasteiger partial charge in [-0.05, 0) is 11.8 Å². The number of nitrogens with zero attached hydrogens (tertiary/aromatic N) is 2. The van der Waals surface area contributed by atoms with Gasteiger partial charge in [0.2, 0.25) is 5.95 Å². The first-order valence-electron chi connectivity index (χ1n) is 4.84. The van der Waals surface area contributed by atoms with Crippen molar-refractivity contribution in [1.29, 1.82) is 0 Å². The normalized spacial score (nSPS) is 13.3. The van der Waals surface area contributed by atoms with Crippen molar-refractivity contribution in [2.24, 2.45) is 11.8 Å². The van der Waals surface area contributed by atoms with E-state index in [9.17, 15) is 0 Å². The van der Waals surface area contributed by atoms with Crippen molar-refractivity contribution in [2.75, 3.05) is 12.4 Å². The molecule has 0 aliphatic rings. The van der Waals surface area contributed by atoms with Crippen molar-refractivity contribution < 1.29 is 0 Å². The van der Waals surface area contributed by atoms with Crippen LogP contribution in [0.5, 0.6) is 0 Å². The highest BCUT2D eigenvalue weighted by molar-refractivity contribution is 5.24. The Balaban J connectivity index is 2.62. The van der Waals surface area contributed by atoms with Gasteiger partial charge < -0.3 is 9.88 Å². The van der Waals surface area contributed by atoms with Crippen molar-refractivity contribution in [1.82, 2.24) is 9.55 Å². The van der Waals surface area contributed by atoms with Crippen LogP contribution in [0.1, 0.15) is 20.8 Å². The highest BCUT2D eigenvalue weighted by atomic mass is 15.2. The topological polar surface area (TPSA) is 29.9 Å². The quantitative estimate of drug-likeness (QED) is 0.772. The molecule has 1 aromatic heterocycles. The summed E-state index contributed by atoms with van der Waals surface area (Å²) in [6.07, 6.45) is 3.85. The van der Waals surface area contributed by atoms with Gasteiger partial charge in [0.15, 0.2) is 0 Å². The van der Waals surface area contributed by atoms with E-state index in [1.807, 2.05) is 19.4 Å². The summed E-state index contributed by atoms with van der Waals surface area (Å²) >= 11 is 0. The predicted molar refractivity (Wildman–Crippen MR) is 55.8 cm³/mol. The summed E-state index contributed by atoms with van der Waals surface area (Å²) in [6.45, 7) is 7.80. The van der Waals surface area contributed by atoms with Gasteiger partial charge in [0.25, 0.3) is 0 Å². The summed E-state index contributed by atoms with van der Waals surface area (Å²) < 4.78 is 2.16. The Morgan fingerprint density at radius 3 is 2.69 bits per heavy atom. The molecule has 1 atom stereocenters. The lowest BCUT2D eigenvalue weighted by molar-refractivity contribution is 0.367. The van der Waals surface area contributed by atoms with Gasteiger partial charge in [0.1, 0.15) is 0 Å². The van der Waals surface area contributed by atoms with E-state index in [0.717, 1.165) is 12.5 Å². The van der Waals surface area contributed by atoms with Gasteiger partial charge in [-0.15, -0.1) is 0 Å². The molecule has 1 N–H and O–H groups in total. The maximum absolute atomic E-state index is 4.20. The van der Waals surface area contributed by atoms with Crippen molar-refractivity contribution in [3.05, 3.63) is 12.4 Å². The van der Waals surface area contributed by atoms with Gasteiger partial charge in [-0.25, -0.2) is 4.98 Å². The molecule has 1 heterocycles. The van der Waals surface area contributed by atoms with E-state index in [4.69, 9.17) is 0 Å². The molecule has 0 aromatic carbocycles. The Morgan fingerprint density at radius 2 is 2.15 bits per heavy atom. The zero-order chi connectivity index (χ0) is 9.84. The second-order valence-corrected chi connectivity index (χ2v) is 3.87. The van der Waals surface area contributed by atoms with Gasteiger partial charge in [-0.3, -0.25) is 0 Å². The summed E-state index contributed by atoms with van der Waals surface area (Å²) in [5.41, 5.74) is 0. The van der Waals surface area contributed by atoms with Crippen LogP contribution in [0.4, 0.5) is 5.95 Å². The van der Waals surface area contributed by atoms with Crippen molar-refractivity contribution >= 4 is 5.95 Å². The summed E-state index contributed by atoms with van der Waals surface area (Å²) in [4.78, 5) is 4.20. The van der Waals surface area contributed by atoms with Crippen LogP contribution in [0.2, 0.25) is 0 Å². The Kier molecular flexibility index (Phi) is 3.34. The van der Waals surface area contributed by atoms with E-state index >= 15 is 0 Å². The number of hydrogen-bond acceptors (Lipinski definition) is 2. The number of rotatable bonds is 4. The number of imidazole rings is 1. The molecule has 74 valence electrons. The molecule has 0 saturated carbocycles. The van der Waals surface area contributed by atoms with Crippen molar-refractivity contribution in [3.63, 3.8) is 0 Å². The molecule has 0 aliphatic heterocycles. The molecule has 13 heavy (non-hydrogen) atoms. The van der Waals surface area contributed by atoms with E-state index in [0.29, 0.717) is 11.8 Å². The summed E-state index contributed by atoms with van der Waals surface area (Å²) in [7, 11) is 1.90. The number of anilines is 1. The molecular formula is C10H19N3. The molecule has 1 aromatic rings.